The van der Waals surface area contributed by atoms with Crippen LogP contribution in [0.2, 0.25) is 0 Å². The fourth-order valence-electron chi connectivity index (χ4n) is 4.28. The van der Waals surface area contributed by atoms with Gasteiger partial charge in [0.25, 0.3) is 0 Å². The van der Waals surface area contributed by atoms with Crippen molar-refractivity contribution in [3.63, 3.8) is 0 Å². The molecule has 0 saturated carbocycles. The van der Waals surface area contributed by atoms with Gasteiger partial charge in [-0.3, -0.25) is 9.69 Å². The Labute approximate surface area is 158 Å². The number of likely N-dealkylation sites (tertiary alicyclic amines) is 1. The molecule has 0 unspecified atom stereocenters. The van der Waals surface area contributed by atoms with Crippen LogP contribution in [-0.4, -0.2) is 61.0 Å². The third kappa shape index (κ3) is 3.42. The van der Waals surface area contributed by atoms with Crippen LogP contribution in [0, 0.1) is 5.92 Å². The first kappa shape index (κ1) is 17.7. The number of anilines is 1. The van der Waals surface area contributed by atoms with E-state index in [1.165, 1.54) is 35.1 Å². The Kier molecular flexibility index (Phi) is 5.09. The summed E-state index contributed by atoms with van der Waals surface area (Å²) >= 11 is 1.85. The zero-order chi connectivity index (χ0) is 18.1. The first-order chi connectivity index (χ1) is 12.7. The van der Waals surface area contributed by atoms with Crippen molar-refractivity contribution >= 4 is 33.3 Å². The molecular formula is C19H27N5OS. The number of nitrogens with one attached hydrogen (secondary N) is 1. The topological polar surface area (TPSA) is 61.4 Å². The minimum Gasteiger partial charge on any atom is -0.359 e. The van der Waals surface area contributed by atoms with Crippen molar-refractivity contribution < 1.29 is 4.79 Å². The van der Waals surface area contributed by atoms with Gasteiger partial charge in [0.1, 0.15) is 17.0 Å². The number of nitrogens with zero attached hydrogens (tertiary/aromatic N) is 4. The molecule has 0 bridgehead atoms. The molecule has 140 valence electrons. The highest BCUT2D eigenvalue weighted by atomic mass is 32.1. The number of carbonyl (C=O) groups excluding carboxylic acids is 1. The van der Waals surface area contributed by atoms with E-state index in [1.54, 1.807) is 13.4 Å². The van der Waals surface area contributed by atoms with E-state index in [0.717, 1.165) is 43.1 Å². The Hall–Kier alpha value is -1.73. The summed E-state index contributed by atoms with van der Waals surface area (Å²) in [6.45, 7) is 3.54. The van der Waals surface area contributed by atoms with Gasteiger partial charge in [-0.25, -0.2) is 9.97 Å². The zero-order valence-corrected chi connectivity index (χ0v) is 16.4. The van der Waals surface area contributed by atoms with Gasteiger partial charge >= 0.3 is 0 Å². The summed E-state index contributed by atoms with van der Waals surface area (Å²) in [5.41, 5.74) is 1.49. The molecule has 0 aromatic carbocycles. The van der Waals surface area contributed by atoms with E-state index in [0.29, 0.717) is 12.5 Å². The third-order valence-corrected chi connectivity index (χ3v) is 6.93. The van der Waals surface area contributed by atoms with E-state index in [1.807, 2.05) is 11.3 Å². The minimum atomic E-state index is 0.107. The Morgan fingerprint density at radius 1 is 1.35 bits per heavy atom. The van der Waals surface area contributed by atoms with Gasteiger partial charge in [0.15, 0.2) is 0 Å². The quantitative estimate of drug-likeness (QED) is 0.869. The van der Waals surface area contributed by atoms with E-state index in [-0.39, 0.29) is 5.91 Å². The van der Waals surface area contributed by atoms with Gasteiger partial charge < -0.3 is 10.2 Å². The summed E-state index contributed by atoms with van der Waals surface area (Å²) in [4.78, 5) is 27.9. The van der Waals surface area contributed by atoms with Crippen LogP contribution in [0.1, 0.15) is 29.7 Å². The molecule has 3 heterocycles. The monoisotopic (exact) mass is 373 g/mol. The number of piperidine rings is 1. The van der Waals surface area contributed by atoms with Crippen molar-refractivity contribution in [1.82, 2.24) is 20.2 Å². The number of fused-ring (bicyclic) bond motifs is 3. The Morgan fingerprint density at radius 2 is 2.15 bits per heavy atom. The van der Waals surface area contributed by atoms with Gasteiger partial charge in [0, 0.05) is 25.5 Å². The molecule has 6 nitrogen and oxygen atoms in total. The maximum Gasteiger partial charge on any atom is 0.233 e. The third-order valence-electron chi connectivity index (χ3n) is 5.73. The van der Waals surface area contributed by atoms with Crippen molar-refractivity contribution in [2.45, 2.75) is 32.1 Å². The van der Waals surface area contributed by atoms with E-state index in [9.17, 15) is 4.79 Å². The molecule has 4 rings (SSSR count). The maximum absolute atomic E-state index is 11.5. The fraction of sp³-hybridized carbons (Fsp3) is 0.632. The predicted molar refractivity (Wildman–Crippen MR) is 106 cm³/mol. The van der Waals surface area contributed by atoms with E-state index < -0.39 is 0 Å². The van der Waals surface area contributed by atoms with Crippen LogP contribution >= 0.6 is 11.3 Å². The highest BCUT2D eigenvalue weighted by Gasteiger charge is 2.25. The molecule has 1 N–H and O–H groups in total. The molecule has 1 saturated heterocycles. The summed E-state index contributed by atoms with van der Waals surface area (Å²) in [7, 11) is 3.87. The molecule has 1 amide bonds. The number of aromatic nitrogens is 2. The fourth-order valence-corrected chi connectivity index (χ4v) is 5.51. The first-order valence-corrected chi connectivity index (χ1v) is 10.4. The second-order valence-electron chi connectivity index (χ2n) is 7.51. The second-order valence-corrected chi connectivity index (χ2v) is 8.59. The number of hydrogen-bond acceptors (Lipinski definition) is 6. The largest absolute Gasteiger partial charge is 0.359 e. The molecule has 0 radical (unpaired) electrons. The van der Waals surface area contributed by atoms with E-state index >= 15 is 0 Å². The van der Waals surface area contributed by atoms with Gasteiger partial charge in [0.05, 0.1) is 11.9 Å². The molecule has 0 atom stereocenters. The van der Waals surface area contributed by atoms with Crippen LogP contribution in [0.4, 0.5) is 5.82 Å². The number of hydrogen-bond donors (Lipinski definition) is 1. The lowest BCUT2D eigenvalue weighted by Crippen LogP contribution is -2.42. The number of likely N-dealkylation sites (N-methyl/N-ethyl adjacent to an activating group) is 1. The maximum atomic E-state index is 11.5. The molecule has 26 heavy (non-hydrogen) atoms. The van der Waals surface area contributed by atoms with Crippen LogP contribution in [0.5, 0.6) is 0 Å². The van der Waals surface area contributed by atoms with Crippen LogP contribution in [0.25, 0.3) is 10.2 Å². The number of carbonyl (C=O) groups is 1. The molecule has 2 aliphatic rings. The second kappa shape index (κ2) is 7.48. The molecule has 7 heteroatoms. The van der Waals surface area contributed by atoms with E-state index in [4.69, 9.17) is 0 Å². The van der Waals surface area contributed by atoms with Crippen LogP contribution in [-0.2, 0) is 17.6 Å². The molecule has 1 aliphatic carbocycles. The number of amides is 1. The van der Waals surface area contributed by atoms with Gasteiger partial charge in [-0.2, -0.15) is 0 Å². The smallest absolute Gasteiger partial charge is 0.233 e. The standard InChI is InChI=1S/C19H27N5OS/c1-20-16(25)11-24-8-6-13(7-9-24)10-23(2)18-17-14-4-3-5-15(14)26-19(17)22-12-21-18/h12-13H,3-11H2,1-2H3,(H,20,25). The van der Waals surface area contributed by atoms with Gasteiger partial charge in [-0.15, -0.1) is 11.3 Å². The average Bonchev–Trinajstić information content (AvgIpc) is 3.23. The Balaban J connectivity index is 1.42. The summed E-state index contributed by atoms with van der Waals surface area (Å²) < 4.78 is 0. The lowest BCUT2D eigenvalue weighted by Gasteiger charge is -2.33. The van der Waals surface area contributed by atoms with E-state index in [2.05, 4.69) is 32.1 Å². The van der Waals surface area contributed by atoms with Crippen LogP contribution in [0.15, 0.2) is 6.33 Å². The summed E-state index contributed by atoms with van der Waals surface area (Å²) in [6.07, 6.45) is 7.62. The number of thiophene rings is 1. The SMILES string of the molecule is CNC(=O)CN1CCC(CN(C)c2ncnc3sc4c(c23)CCC4)CC1. The molecule has 0 spiro atoms. The van der Waals surface area contributed by atoms with Crippen molar-refractivity contribution in [2.75, 3.05) is 45.2 Å². The lowest BCUT2D eigenvalue weighted by atomic mass is 9.96. The normalized spacial score (nSPS) is 18.2. The van der Waals surface area contributed by atoms with Crippen LogP contribution in [0.3, 0.4) is 0 Å². The zero-order valence-electron chi connectivity index (χ0n) is 15.6. The Bertz CT molecular complexity index is 797. The minimum absolute atomic E-state index is 0.107. The average molecular weight is 374 g/mol. The van der Waals surface area contributed by atoms with Crippen molar-refractivity contribution in [3.8, 4) is 0 Å². The highest BCUT2D eigenvalue weighted by molar-refractivity contribution is 7.19. The van der Waals surface area contributed by atoms with Crippen molar-refractivity contribution in [3.05, 3.63) is 16.8 Å². The molecule has 1 aliphatic heterocycles. The van der Waals surface area contributed by atoms with Crippen molar-refractivity contribution in [2.24, 2.45) is 5.92 Å². The van der Waals surface area contributed by atoms with Crippen LogP contribution < -0.4 is 10.2 Å². The highest BCUT2D eigenvalue weighted by Crippen LogP contribution is 2.40. The number of rotatable bonds is 5. The molecule has 1 fully saturated rings. The van der Waals surface area contributed by atoms with Gasteiger partial charge in [-0.1, -0.05) is 0 Å². The number of aryl methyl sites for hydroxylation is 2. The predicted octanol–water partition coefficient (Wildman–Crippen LogP) is 2.07. The lowest BCUT2D eigenvalue weighted by molar-refractivity contribution is -0.122. The summed E-state index contributed by atoms with van der Waals surface area (Å²) in [6, 6.07) is 0. The summed E-state index contributed by atoms with van der Waals surface area (Å²) in [5.74, 6) is 1.86. The molecule has 2 aromatic rings. The van der Waals surface area contributed by atoms with Gasteiger partial charge in [-0.05, 0) is 56.7 Å². The molecular weight excluding hydrogens is 346 g/mol. The Morgan fingerprint density at radius 3 is 2.92 bits per heavy atom. The summed E-state index contributed by atoms with van der Waals surface area (Å²) in [5, 5.41) is 4.01. The molecule has 2 aromatic heterocycles. The van der Waals surface area contributed by atoms with Gasteiger partial charge in [0.2, 0.25) is 5.91 Å². The first-order valence-electron chi connectivity index (χ1n) is 9.55. The van der Waals surface area contributed by atoms with Crippen molar-refractivity contribution in [1.29, 1.82) is 0 Å².